The van der Waals surface area contributed by atoms with Gasteiger partial charge >= 0.3 is 0 Å². The van der Waals surface area contributed by atoms with Crippen molar-refractivity contribution in [1.82, 2.24) is 25.4 Å². The van der Waals surface area contributed by atoms with Crippen LogP contribution in [0, 0.1) is 5.92 Å². The first-order valence-electron chi connectivity index (χ1n) is 9.25. The monoisotopic (exact) mass is 381 g/mol. The van der Waals surface area contributed by atoms with Crippen molar-refractivity contribution in [1.29, 1.82) is 0 Å². The predicted molar refractivity (Wildman–Crippen MR) is 99.0 cm³/mol. The summed E-state index contributed by atoms with van der Waals surface area (Å²) in [6, 6.07) is 3.93. The van der Waals surface area contributed by atoms with Crippen LogP contribution >= 0.6 is 11.3 Å². The van der Waals surface area contributed by atoms with E-state index in [0.717, 1.165) is 47.8 Å². The molecular weight excluding hydrogens is 362 g/mol. The molecule has 3 aromatic heterocycles. The average Bonchev–Trinajstić information content (AvgIpc) is 3.29. The fourth-order valence-corrected chi connectivity index (χ4v) is 4.48. The molecule has 0 radical (unpaired) electrons. The number of carbonyl (C=O) groups is 1. The first-order chi connectivity index (χ1) is 13.3. The fraction of sp³-hybridized carbons (Fsp3) is 0.421. The maximum Gasteiger partial charge on any atom is 0.246 e. The zero-order valence-corrected chi connectivity index (χ0v) is 15.5. The van der Waals surface area contributed by atoms with Gasteiger partial charge in [-0.3, -0.25) is 9.78 Å². The van der Waals surface area contributed by atoms with Crippen LogP contribution < -0.4 is 5.32 Å². The normalized spacial score (nSPS) is 18.9. The summed E-state index contributed by atoms with van der Waals surface area (Å²) in [6.45, 7) is 0.293. The molecule has 3 aromatic rings. The molecule has 0 spiro atoms. The van der Waals surface area contributed by atoms with Gasteiger partial charge in [0.2, 0.25) is 11.8 Å². The van der Waals surface area contributed by atoms with Crippen molar-refractivity contribution >= 4 is 17.2 Å². The Hall–Kier alpha value is -2.61. The number of rotatable bonds is 5. The van der Waals surface area contributed by atoms with Crippen molar-refractivity contribution in [2.24, 2.45) is 5.92 Å². The minimum Gasteiger partial charge on any atom is -0.347 e. The van der Waals surface area contributed by atoms with E-state index in [2.05, 4.69) is 20.4 Å². The lowest BCUT2D eigenvalue weighted by Crippen LogP contribution is -2.33. The van der Waals surface area contributed by atoms with Crippen LogP contribution in [0.2, 0.25) is 0 Å². The highest BCUT2D eigenvalue weighted by Crippen LogP contribution is 2.38. The Balaban J connectivity index is 1.22. The van der Waals surface area contributed by atoms with Crippen molar-refractivity contribution in [3.8, 4) is 10.6 Å². The van der Waals surface area contributed by atoms with Crippen molar-refractivity contribution in [3.63, 3.8) is 0 Å². The number of amides is 1. The molecule has 0 saturated heterocycles. The first-order valence-corrected chi connectivity index (χ1v) is 10.1. The van der Waals surface area contributed by atoms with Crippen molar-refractivity contribution in [2.75, 3.05) is 0 Å². The maximum atomic E-state index is 12.6. The Morgan fingerprint density at radius 2 is 2.07 bits per heavy atom. The number of nitrogens with one attached hydrogen (secondary N) is 1. The number of hydrogen-bond donors (Lipinski definition) is 1. The van der Waals surface area contributed by atoms with Crippen molar-refractivity contribution in [3.05, 3.63) is 46.8 Å². The Morgan fingerprint density at radius 3 is 2.89 bits per heavy atom. The molecule has 0 bridgehead atoms. The number of pyridine rings is 1. The SMILES string of the molecule is O=C(NCc1nc(C2CC2)no1)C1CCc2sc(-c3ccncc3)nc2C1. The molecule has 1 saturated carbocycles. The molecule has 0 aliphatic heterocycles. The van der Waals surface area contributed by atoms with Gasteiger partial charge in [-0.25, -0.2) is 4.98 Å². The summed E-state index contributed by atoms with van der Waals surface area (Å²) in [5, 5.41) is 7.92. The zero-order chi connectivity index (χ0) is 18.2. The summed E-state index contributed by atoms with van der Waals surface area (Å²) in [4.78, 5) is 27.0. The van der Waals surface area contributed by atoms with Crippen LogP contribution in [0.5, 0.6) is 0 Å². The third-order valence-corrected chi connectivity index (χ3v) is 6.28. The second kappa shape index (κ2) is 6.84. The van der Waals surface area contributed by atoms with Gasteiger partial charge < -0.3 is 9.84 Å². The predicted octanol–water partition coefficient (Wildman–Crippen LogP) is 2.89. The largest absolute Gasteiger partial charge is 0.347 e. The van der Waals surface area contributed by atoms with Gasteiger partial charge in [-0.2, -0.15) is 4.98 Å². The average molecular weight is 381 g/mol. The lowest BCUT2D eigenvalue weighted by Gasteiger charge is -2.19. The van der Waals surface area contributed by atoms with E-state index in [-0.39, 0.29) is 11.8 Å². The first kappa shape index (κ1) is 16.6. The fourth-order valence-electron chi connectivity index (χ4n) is 3.37. The molecule has 1 unspecified atom stereocenters. The minimum atomic E-state index is -0.0595. The van der Waals surface area contributed by atoms with Crippen LogP contribution in [0.1, 0.15) is 47.5 Å². The Bertz CT molecular complexity index is 964. The van der Waals surface area contributed by atoms with Gasteiger partial charge in [0.15, 0.2) is 5.82 Å². The number of carbonyl (C=O) groups excluding carboxylic acids is 1. The van der Waals surface area contributed by atoms with Crippen molar-refractivity contribution in [2.45, 2.75) is 44.6 Å². The van der Waals surface area contributed by atoms with E-state index in [9.17, 15) is 4.79 Å². The summed E-state index contributed by atoms with van der Waals surface area (Å²) in [5.41, 5.74) is 2.13. The van der Waals surface area contributed by atoms with Gasteiger partial charge in [-0.05, 0) is 37.8 Å². The lowest BCUT2D eigenvalue weighted by molar-refractivity contribution is -0.125. The number of nitrogens with zero attached hydrogens (tertiary/aromatic N) is 4. The lowest BCUT2D eigenvalue weighted by atomic mass is 9.90. The van der Waals surface area contributed by atoms with Gasteiger partial charge in [-0.15, -0.1) is 11.3 Å². The highest BCUT2D eigenvalue weighted by atomic mass is 32.1. The van der Waals surface area contributed by atoms with Crippen LogP contribution in [0.25, 0.3) is 10.6 Å². The van der Waals surface area contributed by atoms with E-state index in [1.54, 1.807) is 23.7 Å². The molecule has 2 aliphatic rings. The summed E-state index contributed by atoms with van der Waals surface area (Å²) < 4.78 is 5.22. The quantitative estimate of drug-likeness (QED) is 0.730. The molecule has 0 aromatic carbocycles. The summed E-state index contributed by atoms with van der Waals surface area (Å²) in [7, 11) is 0. The topological polar surface area (TPSA) is 93.8 Å². The van der Waals surface area contributed by atoms with Crippen LogP contribution in [-0.4, -0.2) is 26.0 Å². The molecule has 5 rings (SSSR count). The van der Waals surface area contributed by atoms with E-state index in [0.29, 0.717) is 24.8 Å². The van der Waals surface area contributed by atoms with E-state index in [1.807, 2.05) is 12.1 Å². The zero-order valence-electron chi connectivity index (χ0n) is 14.7. The number of hydrogen-bond acceptors (Lipinski definition) is 7. The van der Waals surface area contributed by atoms with Gasteiger partial charge in [-0.1, -0.05) is 5.16 Å². The molecule has 1 fully saturated rings. The standard InChI is InChI=1S/C19H19N5O2S/c25-18(21-10-16-23-17(24-26-16)11-1-2-11)13-3-4-15-14(9-13)22-19(27-15)12-5-7-20-8-6-12/h5-8,11,13H,1-4,9-10H2,(H,21,25). The van der Waals surface area contributed by atoms with Gasteiger partial charge in [0.1, 0.15) is 5.01 Å². The smallest absolute Gasteiger partial charge is 0.246 e. The molecule has 1 atom stereocenters. The molecule has 7 nitrogen and oxygen atoms in total. The van der Waals surface area contributed by atoms with Crippen LogP contribution in [-0.2, 0) is 24.2 Å². The molecule has 2 aliphatic carbocycles. The summed E-state index contributed by atoms with van der Waals surface area (Å²) in [5.74, 6) is 1.68. The summed E-state index contributed by atoms with van der Waals surface area (Å²) in [6.07, 6.45) is 8.22. The van der Waals surface area contributed by atoms with E-state index < -0.39 is 0 Å². The van der Waals surface area contributed by atoms with Gasteiger partial charge in [0, 0.05) is 41.1 Å². The van der Waals surface area contributed by atoms with E-state index >= 15 is 0 Å². The number of aryl methyl sites for hydroxylation is 1. The Morgan fingerprint density at radius 1 is 1.22 bits per heavy atom. The molecular formula is C19H19N5O2S. The number of fused-ring (bicyclic) bond motifs is 1. The Labute approximate surface area is 160 Å². The highest BCUT2D eigenvalue weighted by Gasteiger charge is 2.30. The number of aromatic nitrogens is 4. The van der Waals surface area contributed by atoms with E-state index in [1.165, 1.54) is 4.88 Å². The van der Waals surface area contributed by atoms with Crippen LogP contribution in [0.15, 0.2) is 29.0 Å². The van der Waals surface area contributed by atoms with Gasteiger partial charge in [0.25, 0.3) is 0 Å². The molecule has 138 valence electrons. The Kier molecular flexibility index (Phi) is 4.20. The number of thiazole rings is 1. The molecule has 1 amide bonds. The molecule has 8 heteroatoms. The second-order valence-electron chi connectivity index (χ2n) is 7.10. The molecule has 3 heterocycles. The maximum absolute atomic E-state index is 12.6. The minimum absolute atomic E-state index is 0.0327. The van der Waals surface area contributed by atoms with Crippen molar-refractivity contribution < 1.29 is 9.32 Å². The van der Waals surface area contributed by atoms with E-state index in [4.69, 9.17) is 9.51 Å². The highest BCUT2D eigenvalue weighted by molar-refractivity contribution is 7.15. The van der Waals surface area contributed by atoms with Gasteiger partial charge in [0.05, 0.1) is 12.2 Å². The van der Waals surface area contributed by atoms with Crippen LogP contribution in [0.3, 0.4) is 0 Å². The van der Waals surface area contributed by atoms with Crippen LogP contribution in [0.4, 0.5) is 0 Å². The molecule has 1 N–H and O–H groups in total. The second-order valence-corrected chi connectivity index (χ2v) is 8.19. The molecule has 27 heavy (non-hydrogen) atoms. The third kappa shape index (κ3) is 3.49. The third-order valence-electron chi connectivity index (χ3n) is 5.08. The summed E-state index contributed by atoms with van der Waals surface area (Å²) >= 11 is 1.72.